The molecule has 0 spiro atoms. The van der Waals surface area contributed by atoms with Crippen molar-refractivity contribution in [2.24, 2.45) is 0 Å². The van der Waals surface area contributed by atoms with Crippen LogP contribution in [0.4, 0.5) is 0 Å². The Morgan fingerprint density at radius 2 is 1.88 bits per heavy atom. The molecule has 0 aliphatic rings. The van der Waals surface area contributed by atoms with E-state index >= 15 is 0 Å². The Morgan fingerprint density at radius 3 is 2.53 bits per heavy atom. The number of nitrogens with one attached hydrogen (secondary N) is 1. The van der Waals surface area contributed by atoms with Crippen LogP contribution >= 0.6 is 23.2 Å². The molecule has 32 heavy (non-hydrogen) atoms. The van der Waals surface area contributed by atoms with E-state index in [-0.39, 0.29) is 28.7 Å². The zero-order valence-corrected chi connectivity index (χ0v) is 19.1. The van der Waals surface area contributed by atoms with Crippen LogP contribution in [0.1, 0.15) is 25.3 Å². The topological polar surface area (TPSA) is 97.7 Å². The summed E-state index contributed by atoms with van der Waals surface area (Å²) in [5.41, 5.74) is 0.495. The first-order valence-corrected chi connectivity index (χ1v) is 10.5. The largest absolute Gasteiger partial charge is 0.493 e. The highest BCUT2D eigenvalue weighted by atomic mass is 35.5. The van der Waals surface area contributed by atoms with Gasteiger partial charge in [-0.2, -0.15) is 5.26 Å². The van der Waals surface area contributed by atoms with Gasteiger partial charge in [-0.1, -0.05) is 42.6 Å². The van der Waals surface area contributed by atoms with E-state index in [4.69, 9.17) is 37.4 Å². The van der Waals surface area contributed by atoms with Crippen LogP contribution in [-0.4, -0.2) is 32.1 Å². The standard InChI is InChI=1S/C23H22Cl2N2O5/c1-3-4-9-27-23(29)16(13-26)10-15-5-7-20(21(11-15)30-2)32-22(28)14-31-19-8-6-17(24)12-18(19)25/h5-8,10-12H,3-4,9,14H2,1-2H3,(H,27,29)/b16-10+. The number of amides is 1. The highest BCUT2D eigenvalue weighted by Gasteiger charge is 2.14. The highest BCUT2D eigenvalue weighted by molar-refractivity contribution is 6.35. The number of carbonyl (C=O) groups is 2. The zero-order chi connectivity index (χ0) is 23.5. The van der Waals surface area contributed by atoms with Crippen LogP contribution in [0, 0.1) is 11.3 Å². The number of ether oxygens (including phenoxy) is 3. The lowest BCUT2D eigenvalue weighted by molar-refractivity contribution is -0.136. The third-order valence-corrected chi connectivity index (χ3v) is 4.67. The first kappa shape index (κ1) is 25.1. The summed E-state index contributed by atoms with van der Waals surface area (Å²) in [6.45, 7) is 2.12. The molecule has 0 bridgehead atoms. The molecule has 0 radical (unpaired) electrons. The van der Waals surface area contributed by atoms with Crippen molar-refractivity contribution >= 4 is 41.2 Å². The van der Waals surface area contributed by atoms with Gasteiger partial charge in [-0.15, -0.1) is 0 Å². The molecule has 168 valence electrons. The quantitative estimate of drug-likeness (QED) is 0.173. The number of halogens is 2. The summed E-state index contributed by atoms with van der Waals surface area (Å²) in [4.78, 5) is 24.3. The number of nitrogens with zero attached hydrogens (tertiary/aromatic N) is 1. The van der Waals surface area contributed by atoms with Crippen molar-refractivity contribution in [1.29, 1.82) is 5.26 Å². The van der Waals surface area contributed by atoms with Crippen LogP contribution in [0.3, 0.4) is 0 Å². The summed E-state index contributed by atoms with van der Waals surface area (Å²) >= 11 is 11.8. The number of hydrogen-bond acceptors (Lipinski definition) is 6. The number of carbonyl (C=O) groups excluding carboxylic acids is 2. The fraction of sp³-hybridized carbons (Fsp3) is 0.261. The maximum absolute atomic E-state index is 12.2. The van der Waals surface area contributed by atoms with Gasteiger partial charge in [0.05, 0.1) is 12.1 Å². The molecule has 9 heteroatoms. The minimum Gasteiger partial charge on any atom is -0.493 e. The minimum absolute atomic E-state index is 0.0406. The summed E-state index contributed by atoms with van der Waals surface area (Å²) < 4.78 is 15.9. The Bertz CT molecular complexity index is 1050. The van der Waals surface area contributed by atoms with Crippen molar-refractivity contribution in [2.45, 2.75) is 19.8 Å². The average Bonchev–Trinajstić information content (AvgIpc) is 2.77. The smallest absolute Gasteiger partial charge is 0.349 e. The number of rotatable bonds is 10. The van der Waals surface area contributed by atoms with Gasteiger partial charge in [0.25, 0.3) is 5.91 Å². The van der Waals surface area contributed by atoms with E-state index in [9.17, 15) is 14.9 Å². The van der Waals surface area contributed by atoms with Gasteiger partial charge in [-0.25, -0.2) is 4.79 Å². The molecule has 0 saturated heterocycles. The Hall–Kier alpha value is -3.21. The number of esters is 1. The van der Waals surface area contributed by atoms with E-state index in [1.165, 1.54) is 25.3 Å². The minimum atomic E-state index is -0.675. The number of benzene rings is 2. The molecule has 0 aliphatic heterocycles. The van der Waals surface area contributed by atoms with E-state index < -0.39 is 11.9 Å². The molecule has 0 fully saturated rings. The lowest BCUT2D eigenvalue weighted by Crippen LogP contribution is -2.25. The molecule has 0 heterocycles. The second kappa shape index (κ2) is 12.6. The molecular weight excluding hydrogens is 455 g/mol. The maximum Gasteiger partial charge on any atom is 0.349 e. The predicted octanol–water partition coefficient (Wildman–Crippen LogP) is 4.81. The Balaban J connectivity index is 2.06. The number of unbranched alkanes of at least 4 members (excludes halogenated alkanes) is 1. The summed E-state index contributed by atoms with van der Waals surface area (Å²) in [6.07, 6.45) is 3.19. The van der Waals surface area contributed by atoms with Crippen LogP contribution in [0.5, 0.6) is 17.2 Å². The zero-order valence-electron chi connectivity index (χ0n) is 17.6. The molecule has 2 rings (SSSR count). The third kappa shape index (κ3) is 7.49. The molecular formula is C23H22Cl2N2O5. The molecule has 0 aliphatic carbocycles. The fourth-order valence-electron chi connectivity index (χ4n) is 2.53. The molecule has 7 nitrogen and oxygen atoms in total. The first-order valence-electron chi connectivity index (χ1n) is 9.74. The lowest BCUT2D eigenvalue weighted by atomic mass is 10.1. The van der Waals surface area contributed by atoms with E-state index in [0.717, 1.165) is 12.8 Å². The summed E-state index contributed by atoms with van der Waals surface area (Å²) in [6, 6.07) is 11.2. The molecule has 1 N–H and O–H groups in total. The Kier molecular flexibility index (Phi) is 9.86. The van der Waals surface area contributed by atoms with Gasteiger partial charge >= 0.3 is 5.97 Å². The molecule has 1 amide bonds. The van der Waals surface area contributed by atoms with E-state index in [0.29, 0.717) is 22.9 Å². The lowest BCUT2D eigenvalue weighted by Gasteiger charge is -2.11. The van der Waals surface area contributed by atoms with Gasteiger partial charge in [0.2, 0.25) is 0 Å². The fourth-order valence-corrected chi connectivity index (χ4v) is 2.99. The second-order valence-corrected chi connectivity index (χ2v) is 7.37. The van der Waals surface area contributed by atoms with Crippen LogP contribution in [0.2, 0.25) is 10.0 Å². The van der Waals surface area contributed by atoms with Crippen molar-refractivity contribution in [3.8, 4) is 23.3 Å². The van der Waals surface area contributed by atoms with Gasteiger partial charge in [0.1, 0.15) is 17.4 Å². The number of nitriles is 1. The molecule has 0 atom stereocenters. The summed E-state index contributed by atoms with van der Waals surface area (Å²) in [7, 11) is 1.41. The third-order valence-electron chi connectivity index (χ3n) is 4.14. The molecule has 0 saturated carbocycles. The van der Waals surface area contributed by atoms with Crippen molar-refractivity contribution in [1.82, 2.24) is 5.32 Å². The number of hydrogen-bond donors (Lipinski definition) is 1. The van der Waals surface area contributed by atoms with Gasteiger partial charge in [-0.3, -0.25) is 4.79 Å². The van der Waals surface area contributed by atoms with Crippen LogP contribution < -0.4 is 19.5 Å². The van der Waals surface area contributed by atoms with Crippen molar-refractivity contribution in [3.05, 3.63) is 57.6 Å². The van der Waals surface area contributed by atoms with Crippen LogP contribution in [-0.2, 0) is 9.59 Å². The van der Waals surface area contributed by atoms with Gasteiger partial charge < -0.3 is 19.5 Å². The van der Waals surface area contributed by atoms with Crippen molar-refractivity contribution in [2.75, 3.05) is 20.3 Å². The van der Waals surface area contributed by atoms with Crippen LogP contribution in [0.15, 0.2) is 42.0 Å². The van der Waals surface area contributed by atoms with Gasteiger partial charge in [-0.05, 0) is 48.4 Å². The van der Waals surface area contributed by atoms with Crippen LogP contribution in [0.25, 0.3) is 6.08 Å². The molecule has 2 aromatic carbocycles. The summed E-state index contributed by atoms with van der Waals surface area (Å²) in [5, 5.41) is 12.7. The van der Waals surface area contributed by atoms with Gasteiger partial charge in [0, 0.05) is 11.6 Å². The van der Waals surface area contributed by atoms with Crippen molar-refractivity contribution < 1.29 is 23.8 Å². The highest BCUT2D eigenvalue weighted by Crippen LogP contribution is 2.30. The maximum atomic E-state index is 12.2. The monoisotopic (exact) mass is 476 g/mol. The summed E-state index contributed by atoms with van der Waals surface area (Å²) in [5.74, 6) is -0.424. The SMILES string of the molecule is CCCCNC(=O)/C(C#N)=C/c1ccc(OC(=O)COc2ccc(Cl)cc2Cl)c(OC)c1. The van der Waals surface area contributed by atoms with Gasteiger partial charge in [0.15, 0.2) is 18.1 Å². The number of methoxy groups -OCH3 is 1. The van der Waals surface area contributed by atoms with E-state index in [1.807, 2.05) is 13.0 Å². The van der Waals surface area contributed by atoms with E-state index in [2.05, 4.69) is 5.32 Å². The molecule has 0 aromatic heterocycles. The predicted molar refractivity (Wildman–Crippen MR) is 122 cm³/mol. The normalized spacial score (nSPS) is 10.8. The average molecular weight is 477 g/mol. The second-order valence-electron chi connectivity index (χ2n) is 6.53. The van der Waals surface area contributed by atoms with Crippen molar-refractivity contribution in [3.63, 3.8) is 0 Å². The van der Waals surface area contributed by atoms with E-state index in [1.54, 1.807) is 24.3 Å². The Labute approximate surface area is 196 Å². The molecule has 0 unspecified atom stereocenters. The molecule has 2 aromatic rings. The first-order chi connectivity index (χ1) is 15.4. The Morgan fingerprint density at radius 1 is 1.12 bits per heavy atom.